The van der Waals surface area contributed by atoms with Crippen molar-refractivity contribution in [3.63, 3.8) is 0 Å². The van der Waals surface area contributed by atoms with Crippen molar-refractivity contribution in [2.24, 2.45) is 0 Å². The standard InChI is InChI=1S/C14H20ClNO2S/c1-12-6-2-3-9-14(12)19(17,18)16-11-5-8-13(16)7-4-10-15/h2-3,6,9,13H,4-5,7-8,10-11H2,1H3. The van der Waals surface area contributed by atoms with E-state index in [4.69, 9.17) is 11.6 Å². The van der Waals surface area contributed by atoms with E-state index in [0.29, 0.717) is 17.3 Å². The first-order chi connectivity index (χ1) is 9.07. The van der Waals surface area contributed by atoms with Crippen LogP contribution in [0.1, 0.15) is 31.2 Å². The van der Waals surface area contributed by atoms with Gasteiger partial charge in [0.2, 0.25) is 10.0 Å². The minimum atomic E-state index is -3.36. The van der Waals surface area contributed by atoms with Gasteiger partial charge in [0.25, 0.3) is 0 Å². The second-order valence-electron chi connectivity index (χ2n) is 5.01. The van der Waals surface area contributed by atoms with Crippen LogP contribution in [0.2, 0.25) is 0 Å². The zero-order valence-electron chi connectivity index (χ0n) is 11.2. The molecule has 0 saturated carbocycles. The van der Waals surface area contributed by atoms with Crippen LogP contribution < -0.4 is 0 Å². The van der Waals surface area contributed by atoms with Gasteiger partial charge in [-0.1, -0.05) is 18.2 Å². The Bertz CT molecular complexity index is 530. The fourth-order valence-corrected chi connectivity index (χ4v) is 4.80. The predicted molar refractivity (Wildman–Crippen MR) is 78.0 cm³/mol. The molecule has 1 heterocycles. The SMILES string of the molecule is Cc1ccccc1S(=O)(=O)N1CCCC1CCCCl. The molecule has 1 saturated heterocycles. The third kappa shape index (κ3) is 3.12. The molecule has 5 heteroatoms. The van der Waals surface area contributed by atoms with Crippen molar-refractivity contribution in [1.82, 2.24) is 4.31 Å². The lowest BCUT2D eigenvalue weighted by atomic mass is 10.1. The summed E-state index contributed by atoms with van der Waals surface area (Å²) in [6, 6.07) is 7.30. The van der Waals surface area contributed by atoms with Crippen molar-refractivity contribution < 1.29 is 8.42 Å². The Morgan fingerprint density at radius 2 is 2.11 bits per heavy atom. The topological polar surface area (TPSA) is 37.4 Å². The summed E-state index contributed by atoms with van der Waals surface area (Å²) in [5, 5.41) is 0. The van der Waals surface area contributed by atoms with Crippen LogP contribution in [0, 0.1) is 6.92 Å². The molecule has 1 aliphatic heterocycles. The van der Waals surface area contributed by atoms with Gasteiger partial charge in [-0.05, 0) is 44.2 Å². The molecule has 0 aliphatic carbocycles. The van der Waals surface area contributed by atoms with Crippen LogP contribution >= 0.6 is 11.6 Å². The van der Waals surface area contributed by atoms with Gasteiger partial charge in [0, 0.05) is 18.5 Å². The molecule has 0 spiro atoms. The van der Waals surface area contributed by atoms with E-state index in [0.717, 1.165) is 31.2 Å². The Morgan fingerprint density at radius 3 is 2.79 bits per heavy atom. The zero-order chi connectivity index (χ0) is 13.9. The van der Waals surface area contributed by atoms with Gasteiger partial charge in [-0.15, -0.1) is 11.6 Å². The normalized spacial score (nSPS) is 20.8. The van der Waals surface area contributed by atoms with Crippen molar-refractivity contribution in [3.05, 3.63) is 29.8 Å². The summed E-state index contributed by atoms with van der Waals surface area (Å²) in [7, 11) is -3.36. The number of hydrogen-bond acceptors (Lipinski definition) is 2. The molecule has 106 valence electrons. The largest absolute Gasteiger partial charge is 0.243 e. The summed E-state index contributed by atoms with van der Waals surface area (Å²) in [6.07, 6.45) is 3.61. The summed E-state index contributed by atoms with van der Waals surface area (Å²) in [6.45, 7) is 2.47. The Morgan fingerprint density at radius 1 is 1.37 bits per heavy atom. The maximum absolute atomic E-state index is 12.7. The summed E-state index contributed by atoms with van der Waals surface area (Å²) in [4.78, 5) is 0.438. The van der Waals surface area contributed by atoms with E-state index in [-0.39, 0.29) is 6.04 Å². The molecule has 0 aromatic heterocycles. The number of rotatable bonds is 5. The van der Waals surface area contributed by atoms with Crippen LogP contribution in [0.4, 0.5) is 0 Å². The molecule has 1 unspecified atom stereocenters. The van der Waals surface area contributed by atoms with E-state index in [9.17, 15) is 8.42 Å². The number of hydrogen-bond donors (Lipinski definition) is 0. The lowest BCUT2D eigenvalue weighted by Crippen LogP contribution is -2.35. The van der Waals surface area contributed by atoms with Crippen LogP contribution in [-0.4, -0.2) is 31.2 Å². The highest BCUT2D eigenvalue weighted by atomic mass is 35.5. The highest BCUT2D eigenvalue weighted by Crippen LogP contribution is 2.29. The fraction of sp³-hybridized carbons (Fsp3) is 0.571. The minimum absolute atomic E-state index is 0.114. The van der Waals surface area contributed by atoms with Crippen LogP contribution in [0.25, 0.3) is 0 Å². The van der Waals surface area contributed by atoms with Crippen molar-refractivity contribution in [1.29, 1.82) is 0 Å². The minimum Gasteiger partial charge on any atom is -0.207 e. The third-order valence-corrected chi connectivity index (χ3v) is 6.05. The Labute approximate surface area is 120 Å². The molecule has 1 atom stereocenters. The molecule has 19 heavy (non-hydrogen) atoms. The first-order valence-corrected chi connectivity index (χ1v) is 8.68. The molecule has 0 amide bonds. The van der Waals surface area contributed by atoms with Crippen LogP contribution in [0.15, 0.2) is 29.2 Å². The Balaban J connectivity index is 2.26. The molecule has 1 aromatic rings. The van der Waals surface area contributed by atoms with Gasteiger partial charge >= 0.3 is 0 Å². The third-order valence-electron chi connectivity index (χ3n) is 3.67. The molecule has 1 aliphatic rings. The van der Waals surface area contributed by atoms with Crippen LogP contribution in [0.3, 0.4) is 0 Å². The quantitative estimate of drug-likeness (QED) is 0.783. The number of aryl methyl sites for hydroxylation is 1. The predicted octanol–water partition coefficient (Wildman–Crippen LogP) is 3.17. The second kappa shape index (κ2) is 6.25. The highest BCUT2D eigenvalue weighted by Gasteiger charge is 2.35. The summed E-state index contributed by atoms with van der Waals surface area (Å²) >= 11 is 5.72. The number of nitrogens with zero attached hydrogens (tertiary/aromatic N) is 1. The van der Waals surface area contributed by atoms with Crippen molar-refractivity contribution in [2.75, 3.05) is 12.4 Å². The molecule has 0 N–H and O–H groups in total. The van der Waals surface area contributed by atoms with E-state index in [1.165, 1.54) is 0 Å². The second-order valence-corrected chi connectivity index (χ2v) is 7.25. The molecule has 3 nitrogen and oxygen atoms in total. The van der Waals surface area contributed by atoms with E-state index in [2.05, 4.69) is 0 Å². The van der Waals surface area contributed by atoms with Gasteiger partial charge in [0.05, 0.1) is 4.90 Å². The van der Waals surface area contributed by atoms with Gasteiger partial charge in [0.15, 0.2) is 0 Å². The van der Waals surface area contributed by atoms with Gasteiger partial charge in [0.1, 0.15) is 0 Å². The van der Waals surface area contributed by atoms with Gasteiger partial charge < -0.3 is 0 Å². The molecular weight excluding hydrogens is 282 g/mol. The molecular formula is C14H20ClNO2S. The molecule has 0 bridgehead atoms. The highest BCUT2D eigenvalue weighted by molar-refractivity contribution is 7.89. The van der Waals surface area contributed by atoms with E-state index in [1.807, 2.05) is 19.1 Å². The summed E-state index contributed by atoms with van der Waals surface area (Å²) in [5.41, 5.74) is 0.811. The van der Waals surface area contributed by atoms with Crippen LogP contribution in [0.5, 0.6) is 0 Å². The molecule has 0 radical (unpaired) electrons. The molecule has 1 fully saturated rings. The maximum atomic E-state index is 12.7. The first-order valence-electron chi connectivity index (χ1n) is 6.71. The maximum Gasteiger partial charge on any atom is 0.243 e. The van der Waals surface area contributed by atoms with E-state index in [1.54, 1.807) is 16.4 Å². The first kappa shape index (κ1) is 14.8. The summed E-state index contributed by atoms with van der Waals surface area (Å²) in [5.74, 6) is 0.592. The monoisotopic (exact) mass is 301 g/mol. The Hall–Kier alpha value is -0.580. The average molecular weight is 302 g/mol. The number of halogens is 1. The van der Waals surface area contributed by atoms with Gasteiger partial charge in [-0.25, -0.2) is 8.42 Å². The number of alkyl halides is 1. The molecule has 1 aromatic carbocycles. The fourth-order valence-electron chi connectivity index (χ4n) is 2.70. The number of sulfonamides is 1. The van der Waals surface area contributed by atoms with Crippen LogP contribution in [-0.2, 0) is 10.0 Å². The van der Waals surface area contributed by atoms with Gasteiger partial charge in [-0.3, -0.25) is 0 Å². The zero-order valence-corrected chi connectivity index (χ0v) is 12.8. The smallest absolute Gasteiger partial charge is 0.207 e. The number of benzene rings is 1. The van der Waals surface area contributed by atoms with Gasteiger partial charge in [-0.2, -0.15) is 4.31 Å². The van der Waals surface area contributed by atoms with Crippen molar-refractivity contribution in [3.8, 4) is 0 Å². The average Bonchev–Trinajstić information content (AvgIpc) is 2.85. The lowest BCUT2D eigenvalue weighted by Gasteiger charge is -2.24. The van der Waals surface area contributed by atoms with E-state index < -0.39 is 10.0 Å². The lowest BCUT2D eigenvalue weighted by molar-refractivity contribution is 0.368. The summed E-state index contributed by atoms with van der Waals surface area (Å²) < 4.78 is 27.1. The van der Waals surface area contributed by atoms with E-state index >= 15 is 0 Å². The van der Waals surface area contributed by atoms with Crippen molar-refractivity contribution in [2.45, 2.75) is 43.5 Å². The molecule has 2 rings (SSSR count). The Kier molecular flexibility index (Phi) is 4.87. The van der Waals surface area contributed by atoms with Crippen molar-refractivity contribution >= 4 is 21.6 Å².